The van der Waals surface area contributed by atoms with Gasteiger partial charge in [0.2, 0.25) is 0 Å². The average molecular weight is 146 g/mol. The van der Waals surface area contributed by atoms with Gasteiger partial charge in [0.05, 0.1) is 0 Å². The molecule has 0 N–H and O–H groups in total. The van der Waals surface area contributed by atoms with Crippen LogP contribution >= 0.6 is 49.6 Å². The summed E-state index contributed by atoms with van der Waals surface area (Å²) in [4.78, 5) is 0. The Bertz CT molecular complexity index is 0. The third kappa shape index (κ3) is 11.0. The van der Waals surface area contributed by atoms with Gasteiger partial charge < -0.3 is 0 Å². The van der Waals surface area contributed by atoms with Crippen LogP contribution < -0.4 is 0 Å². The molecule has 0 aliphatic rings. The van der Waals surface area contributed by atoms with Crippen molar-refractivity contribution in [2.75, 3.05) is 0 Å². The highest BCUT2D eigenvalue weighted by atomic mass is 35.5. The maximum absolute atomic E-state index is 0. The third-order valence-corrected chi connectivity index (χ3v) is 0. The molecule has 0 spiro atoms. The molecule has 0 radical (unpaired) electrons. The fraction of sp³-hybridized carbons (Fsp3) is 0. The number of hydrogen-bond acceptors (Lipinski definition) is 0. The standard InChI is InChI=1S/4ClH/h4*1H. The van der Waals surface area contributed by atoms with Crippen LogP contribution in [0.2, 0.25) is 0 Å². The summed E-state index contributed by atoms with van der Waals surface area (Å²) in [6.45, 7) is 0. The second kappa shape index (κ2) is 30.9. The summed E-state index contributed by atoms with van der Waals surface area (Å²) >= 11 is 0. The summed E-state index contributed by atoms with van der Waals surface area (Å²) in [7, 11) is 0. The molecular formula is H4Cl4. The van der Waals surface area contributed by atoms with E-state index in [-0.39, 0.29) is 49.6 Å². The van der Waals surface area contributed by atoms with E-state index in [1.807, 2.05) is 0 Å². The Kier molecular flexibility index (Phi) is 512. The maximum atomic E-state index is 0. The van der Waals surface area contributed by atoms with Crippen molar-refractivity contribution in [2.24, 2.45) is 0 Å². The number of rotatable bonds is 0. The van der Waals surface area contributed by atoms with Crippen molar-refractivity contribution >= 4 is 49.6 Å². The summed E-state index contributed by atoms with van der Waals surface area (Å²) in [6.07, 6.45) is 0. The molecule has 0 amide bonds. The first kappa shape index (κ1) is 66.4. The topological polar surface area (TPSA) is 0 Å². The molecule has 0 aromatic carbocycles. The number of halogens is 4. The predicted molar refractivity (Wildman–Crippen MR) is 29.0 cm³/mol. The van der Waals surface area contributed by atoms with E-state index in [2.05, 4.69) is 0 Å². The maximum Gasteiger partial charge on any atom is -0.147 e. The monoisotopic (exact) mass is 144 g/mol. The van der Waals surface area contributed by atoms with Crippen LogP contribution in [0.5, 0.6) is 0 Å². The van der Waals surface area contributed by atoms with Gasteiger partial charge in [-0.3, -0.25) is 0 Å². The van der Waals surface area contributed by atoms with Gasteiger partial charge in [0.25, 0.3) is 0 Å². The second-order valence-corrected chi connectivity index (χ2v) is 0. The molecule has 0 rings (SSSR count). The molecule has 0 saturated carbocycles. The summed E-state index contributed by atoms with van der Waals surface area (Å²) in [6, 6.07) is 0. The van der Waals surface area contributed by atoms with Gasteiger partial charge in [-0.2, -0.15) is 0 Å². The van der Waals surface area contributed by atoms with Crippen molar-refractivity contribution < 1.29 is 0 Å². The third-order valence-electron chi connectivity index (χ3n) is 0. The lowest BCUT2D eigenvalue weighted by atomic mass is 35.5. The van der Waals surface area contributed by atoms with Crippen molar-refractivity contribution in [3.63, 3.8) is 0 Å². The molecule has 0 heterocycles. The van der Waals surface area contributed by atoms with Crippen molar-refractivity contribution in [3.8, 4) is 0 Å². The van der Waals surface area contributed by atoms with Gasteiger partial charge in [-0.15, -0.1) is 49.6 Å². The highest BCUT2D eigenvalue weighted by molar-refractivity contribution is 5.86. The van der Waals surface area contributed by atoms with E-state index < -0.39 is 0 Å². The van der Waals surface area contributed by atoms with Crippen LogP contribution in [0.15, 0.2) is 0 Å². The van der Waals surface area contributed by atoms with E-state index in [1.54, 1.807) is 0 Å². The van der Waals surface area contributed by atoms with Crippen molar-refractivity contribution in [1.82, 2.24) is 0 Å². The van der Waals surface area contributed by atoms with Gasteiger partial charge >= 0.3 is 0 Å². The molecular weight excluding hydrogens is 142 g/mol. The zero-order valence-corrected chi connectivity index (χ0v) is 4.90. The molecule has 0 fully saturated rings. The molecule has 0 aromatic rings. The minimum absolute atomic E-state index is 0. The largest absolute Gasteiger partial charge is 0.147 e. The second-order valence-electron chi connectivity index (χ2n) is 0. The van der Waals surface area contributed by atoms with Crippen LogP contribution in [0.25, 0.3) is 0 Å². The Morgan fingerprint density at radius 3 is 0.250 bits per heavy atom. The fourth-order valence-corrected chi connectivity index (χ4v) is 0. The van der Waals surface area contributed by atoms with E-state index >= 15 is 0 Å². The lowest BCUT2D eigenvalue weighted by Crippen LogP contribution is 0.688. The van der Waals surface area contributed by atoms with Gasteiger partial charge in [0.1, 0.15) is 0 Å². The lowest BCUT2D eigenvalue weighted by Gasteiger charge is -0.148. The molecule has 4 heteroatoms. The quantitative estimate of drug-likeness (QED) is 0.487. The van der Waals surface area contributed by atoms with E-state index in [4.69, 9.17) is 0 Å². The summed E-state index contributed by atoms with van der Waals surface area (Å²) in [5.41, 5.74) is 0. The van der Waals surface area contributed by atoms with E-state index in [9.17, 15) is 0 Å². The average Bonchev–Trinajstić information content (AvgIpc) is 0. The summed E-state index contributed by atoms with van der Waals surface area (Å²) < 4.78 is 0. The van der Waals surface area contributed by atoms with Crippen LogP contribution in [-0.2, 0) is 0 Å². The molecule has 0 nitrogen and oxygen atoms in total. The Labute approximate surface area is 50.0 Å². The first-order chi connectivity index (χ1) is 0. The molecule has 4 heavy (non-hydrogen) atoms. The zero-order chi connectivity index (χ0) is 0. The van der Waals surface area contributed by atoms with Gasteiger partial charge in [-0.1, -0.05) is 0 Å². The molecule has 0 aromatic heterocycles. The van der Waals surface area contributed by atoms with Gasteiger partial charge in [-0.25, -0.2) is 0 Å². The molecule has 0 atom stereocenters. The lowest BCUT2D eigenvalue weighted by molar-refractivity contribution is 5.85. The molecule has 0 bridgehead atoms. The minimum Gasteiger partial charge on any atom is -0.147 e. The Hall–Kier alpha value is 1.16. The zero-order valence-electron chi connectivity index (χ0n) is 1.63. The van der Waals surface area contributed by atoms with E-state index in [1.165, 1.54) is 0 Å². The Morgan fingerprint density at radius 1 is 0.250 bits per heavy atom. The van der Waals surface area contributed by atoms with Crippen LogP contribution in [0.3, 0.4) is 0 Å². The summed E-state index contributed by atoms with van der Waals surface area (Å²) in [5.74, 6) is 0. The first-order valence-corrected chi connectivity index (χ1v) is 0. The van der Waals surface area contributed by atoms with E-state index in [0.717, 1.165) is 0 Å². The smallest absolute Gasteiger partial charge is 0.147 e. The Morgan fingerprint density at radius 2 is 0.250 bits per heavy atom. The van der Waals surface area contributed by atoms with Crippen molar-refractivity contribution in [2.45, 2.75) is 0 Å². The molecule has 0 aliphatic carbocycles. The SMILES string of the molecule is Cl.Cl.Cl.Cl. The summed E-state index contributed by atoms with van der Waals surface area (Å²) in [5, 5.41) is 0. The predicted octanol–water partition coefficient (Wildman–Crippen LogP) is 1.69. The van der Waals surface area contributed by atoms with Crippen LogP contribution in [0.4, 0.5) is 0 Å². The highest BCUT2D eigenvalue weighted by Crippen LogP contribution is 0.693. The molecule has 0 saturated heterocycles. The fourth-order valence-electron chi connectivity index (χ4n) is 0. The van der Waals surface area contributed by atoms with Gasteiger partial charge in [0, 0.05) is 0 Å². The molecule has 32 valence electrons. The van der Waals surface area contributed by atoms with Crippen LogP contribution in [0, 0.1) is 0 Å². The highest BCUT2D eigenvalue weighted by Gasteiger charge is -0.144. The Balaban J connectivity index is 0. The molecule has 0 unspecified atom stereocenters. The first-order valence-electron chi connectivity index (χ1n) is 0. The minimum atomic E-state index is 0. The van der Waals surface area contributed by atoms with Crippen molar-refractivity contribution in [1.29, 1.82) is 0 Å². The molecule has 0 aliphatic heterocycles. The normalized spacial score (nSPS) is 0. The van der Waals surface area contributed by atoms with E-state index in [0.29, 0.717) is 0 Å². The van der Waals surface area contributed by atoms with Gasteiger partial charge in [0.15, 0.2) is 0 Å². The van der Waals surface area contributed by atoms with Crippen LogP contribution in [-0.4, -0.2) is 0 Å². The van der Waals surface area contributed by atoms with Crippen molar-refractivity contribution in [3.05, 3.63) is 0 Å². The number of hydrogen-bond donors (Lipinski definition) is 0. The van der Waals surface area contributed by atoms with Crippen LogP contribution in [0.1, 0.15) is 0 Å². The van der Waals surface area contributed by atoms with Gasteiger partial charge in [-0.05, 0) is 0 Å².